The third kappa shape index (κ3) is 2.09. The molecule has 3 heteroatoms. The third-order valence-corrected chi connectivity index (χ3v) is 7.25. The molecule has 0 aliphatic heterocycles. The van der Waals surface area contributed by atoms with Crippen molar-refractivity contribution in [3.63, 3.8) is 0 Å². The van der Waals surface area contributed by atoms with Crippen molar-refractivity contribution in [2.24, 2.45) is 17.3 Å². The van der Waals surface area contributed by atoms with Crippen LogP contribution in [0.3, 0.4) is 0 Å². The molecule has 6 atom stereocenters. The lowest BCUT2D eigenvalue weighted by molar-refractivity contribution is -0.0922. The second-order valence-corrected chi connectivity index (χ2v) is 7.85. The van der Waals surface area contributed by atoms with Crippen molar-refractivity contribution in [1.82, 2.24) is 0 Å². The van der Waals surface area contributed by atoms with Crippen molar-refractivity contribution in [2.45, 2.75) is 63.6 Å². The number of aliphatic hydroxyl groups is 2. The average Bonchev–Trinajstić information content (AvgIpc) is 2.91. The summed E-state index contributed by atoms with van der Waals surface area (Å²) < 4.78 is 5.36. The van der Waals surface area contributed by atoms with Crippen LogP contribution in [0.25, 0.3) is 0 Å². The first-order valence-electron chi connectivity index (χ1n) is 9.13. The van der Waals surface area contributed by atoms with Gasteiger partial charge in [0.2, 0.25) is 0 Å². The smallest absolute Gasteiger partial charge is 0.119 e. The molecule has 2 fully saturated rings. The molecule has 4 rings (SSSR count). The number of rotatable bonds is 2. The van der Waals surface area contributed by atoms with Crippen molar-refractivity contribution >= 4 is 0 Å². The molecule has 126 valence electrons. The second kappa shape index (κ2) is 5.49. The van der Waals surface area contributed by atoms with E-state index in [-0.39, 0.29) is 23.5 Å². The molecule has 0 heterocycles. The van der Waals surface area contributed by atoms with Gasteiger partial charge in [-0.15, -0.1) is 0 Å². The van der Waals surface area contributed by atoms with Gasteiger partial charge in [-0.2, -0.15) is 0 Å². The van der Waals surface area contributed by atoms with Gasteiger partial charge in [-0.3, -0.25) is 0 Å². The van der Waals surface area contributed by atoms with Gasteiger partial charge in [0, 0.05) is 11.3 Å². The van der Waals surface area contributed by atoms with Crippen molar-refractivity contribution in [3.8, 4) is 5.75 Å². The van der Waals surface area contributed by atoms with Gasteiger partial charge in [-0.1, -0.05) is 13.0 Å². The Labute approximate surface area is 138 Å². The highest BCUT2D eigenvalue weighted by molar-refractivity contribution is 5.41. The average molecular weight is 316 g/mol. The van der Waals surface area contributed by atoms with Gasteiger partial charge in [0.15, 0.2) is 0 Å². The van der Waals surface area contributed by atoms with Crippen molar-refractivity contribution in [2.75, 3.05) is 7.11 Å². The van der Waals surface area contributed by atoms with Crippen LogP contribution in [0.2, 0.25) is 0 Å². The summed E-state index contributed by atoms with van der Waals surface area (Å²) in [5.41, 5.74) is 2.61. The molecule has 2 unspecified atom stereocenters. The first kappa shape index (κ1) is 15.5. The standard InChI is InChI=1S/C20H28O3/c1-3-20-11-17(21)19-14-7-5-13(23-2)10-12(14)4-6-15(19)16(20)8-9-18(20)22/h5,7,10,15-19,21-22H,3-4,6,8-9,11H2,1-2H3/t15-,16-,17?,18?,19+,20-/m0/s1. The quantitative estimate of drug-likeness (QED) is 0.880. The number of hydrogen-bond donors (Lipinski definition) is 2. The van der Waals surface area contributed by atoms with E-state index in [1.165, 1.54) is 11.1 Å². The van der Waals surface area contributed by atoms with Crippen LogP contribution in [0.15, 0.2) is 18.2 Å². The number of hydrogen-bond acceptors (Lipinski definition) is 3. The normalized spacial score (nSPS) is 41.8. The third-order valence-electron chi connectivity index (χ3n) is 7.25. The van der Waals surface area contributed by atoms with E-state index in [2.05, 4.69) is 19.1 Å². The van der Waals surface area contributed by atoms with Gasteiger partial charge in [0.25, 0.3) is 0 Å². The predicted octanol–water partition coefficient (Wildman–Crippen LogP) is 3.27. The van der Waals surface area contributed by atoms with Crippen LogP contribution < -0.4 is 4.74 Å². The molecule has 0 bridgehead atoms. The zero-order valence-corrected chi connectivity index (χ0v) is 14.2. The van der Waals surface area contributed by atoms with Gasteiger partial charge < -0.3 is 14.9 Å². The monoisotopic (exact) mass is 316 g/mol. The molecule has 0 spiro atoms. The second-order valence-electron chi connectivity index (χ2n) is 7.85. The van der Waals surface area contributed by atoms with Crippen molar-refractivity contribution in [3.05, 3.63) is 29.3 Å². The molecule has 0 amide bonds. The predicted molar refractivity (Wildman–Crippen MR) is 89.6 cm³/mol. The zero-order valence-electron chi connectivity index (χ0n) is 14.2. The van der Waals surface area contributed by atoms with E-state index in [9.17, 15) is 10.2 Å². The lowest BCUT2D eigenvalue weighted by Crippen LogP contribution is -2.51. The summed E-state index contributed by atoms with van der Waals surface area (Å²) in [6.45, 7) is 2.19. The molecule has 2 N–H and O–H groups in total. The van der Waals surface area contributed by atoms with E-state index in [1.807, 2.05) is 6.07 Å². The van der Waals surface area contributed by atoms with Crippen LogP contribution >= 0.6 is 0 Å². The highest BCUT2D eigenvalue weighted by Gasteiger charge is 2.58. The fraction of sp³-hybridized carbons (Fsp3) is 0.700. The molecule has 3 nitrogen and oxygen atoms in total. The Kier molecular flexibility index (Phi) is 3.69. The minimum atomic E-state index is -0.337. The van der Waals surface area contributed by atoms with E-state index >= 15 is 0 Å². The summed E-state index contributed by atoms with van der Waals surface area (Å²) in [6.07, 6.45) is 5.38. The number of aliphatic hydroxyl groups excluding tert-OH is 2. The molecule has 23 heavy (non-hydrogen) atoms. The van der Waals surface area contributed by atoms with Gasteiger partial charge in [-0.05, 0) is 73.6 Å². The van der Waals surface area contributed by atoms with E-state index in [4.69, 9.17) is 4.74 Å². The summed E-state index contributed by atoms with van der Waals surface area (Å²) in [6, 6.07) is 6.33. The van der Waals surface area contributed by atoms with Crippen molar-refractivity contribution in [1.29, 1.82) is 0 Å². The summed E-state index contributed by atoms with van der Waals surface area (Å²) in [4.78, 5) is 0. The Balaban J connectivity index is 1.74. The Morgan fingerprint density at radius 2 is 2.04 bits per heavy atom. The maximum absolute atomic E-state index is 11.0. The first-order valence-corrected chi connectivity index (χ1v) is 9.13. The van der Waals surface area contributed by atoms with Crippen LogP contribution in [-0.2, 0) is 6.42 Å². The lowest BCUT2D eigenvalue weighted by atomic mass is 9.53. The molecule has 3 aliphatic carbocycles. The SMILES string of the molecule is CC[C@]12CC(O)[C@@H]3c4ccc(OC)cc4CC[C@H]3[C@@H]1CCC2O. The topological polar surface area (TPSA) is 49.7 Å². The Bertz CT molecular complexity index is 599. The molecular weight excluding hydrogens is 288 g/mol. The van der Waals surface area contributed by atoms with E-state index in [0.29, 0.717) is 11.8 Å². The summed E-state index contributed by atoms with van der Waals surface area (Å²) in [5, 5.41) is 21.6. The van der Waals surface area contributed by atoms with Crippen LogP contribution in [0.5, 0.6) is 5.75 Å². The highest BCUT2D eigenvalue weighted by atomic mass is 16.5. The van der Waals surface area contributed by atoms with E-state index in [0.717, 1.165) is 44.3 Å². The van der Waals surface area contributed by atoms with Gasteiger partial charge >= 0.3 is 0 Å². The van der Waals surface area contributed by atoms with Gasteiger partial charge in [0.1, 0.15) is 5.75 Å². The number of benzene rings is 1. The van der Waals surface area contributed by atoms with E-state index < -0.39 is 0 Å². The summed E-state index contributed by atoms with van der Waals surface area (Å²) >= 11 is 0. The molecule has 2 saturated carbocycles. The first-order chi connectivity index (χ1) is 11.1. The van der Waals surface area contributed by atoms with Crippen LogP contribution in [0.1, 0.15) is 56.1 Å². The Hall–Kier alpha value is -1.06. The Morgan fingerprint density at radius 3 is 2.78 bits per heavy atom. The molecule has 1 aromatic carbocycles. The maximum atomic E-state index is 11.0. The van der Waals surface area contributed by atoms with Crippen LogP contribution in [-0.4, -0.2) is 29.5 Å². The molecular formula is C20H28O3. The zero-order chi connectivity index (χ0) is 16.2. The van der Waals surface area contributed by atoms with Gasteiger partial charge in [-0.25, -0.2) is 0 Å². The number of fused-ring (bicyclic) bond motifs is 5. The minimum Gasteiger partial charge on any atom is -0.497 e. The summed E-state index contributed by atoms with van der Waals surface area (Å²) in [5.74, 6) is 2.22. The molecule has 1 aromatic rings. The van der Waals surface area contributed by atoms with Crippen LogP contribution in [0, 0.1) is 17.3 Å². The molecule has 3 aliphatic rings. The Morgan fingerprint density at radius 1 is 1.22 bits per heavy atom. The minimum absolute atomic E-state index is 0.0510. The van der Waals surface area contributed by atoms with Crippen molar-refractivity contribution < 1.29 is 14.9 Å². The van der Waals surface area contributed by atoms with Crippen LogP contribution in [0.4, 0.5) is 0 Å². The molecule has 0 saturated heterocycles. The molecule has 0 aromatic heterocycles. The summed E-state index contributed by atoms with van der Waals surface area (Å²) in [7, 11) is 1.71. The number of ether oxygens (including phenoxy) is 1. The fourth-order valence-electron chi connectivity index (χ4n) is 6.17. The number of methoxy groups -OCH3 is 1. The highest BCUT2D eigenvalue weighted by Crippen LogP contribution is 2.62. The lowest BCUT2D eigenvalue weighted by Gasteiger charge is -2.53. The number of aryl methyl sites for hydroxylation is 1. The maximum Gasteiger partial charge on any atom is 0.119 e. The largest absolute Gasteiger partial charge is 0.497 e. The molecule has 0 radical (unpaired) electrons. The van der Waals surface area contributed by atoms with Gasteiger partial charge in [0.05, 0.1) is 19.3 Å². The fourth-order valence-corrected chi connectivity index (χ4v) is 6.17. The van der Waals surface area contributed by atoms with E-state index in [1.54, 1.807) is 7.11 Å².